The van der Waals surface area contributed by atoms with Crippen molar-refractivity contribution >= 4 is 21.8 Å². The van der Waals surface area contributed by atoms with E-state index in [2.05, 4.69) is 0 Å². The SMILES string of the molecule is CCOC(=O)c1cc(Oc2ccc(S(C)(=O)=O)cc2)c2c(c1)OC(C(=O)O)C2. The summed E-state index contributed by atoms with van der Waals surface area (Å²) in [6.07, 6.45) is 0.0920. The molecule has 1 N–H and O–H groups in total. The summed E-state index contributed by atoms with van der Waals surface area (Å²) >= 11 is 0. The Morgan fingerprint density at radius 1 is 1.21 bits per heavy atom. The summed E-state index contributed by atoms with van der Waals surface area (Å²) in [5.41, 5.74) is 0.669. The van der Waals surface area contributed by atoms with Gasteiger partial charge in [-0.2, -0.15) is 0 Å². The molecule has 0 saturated carbocycles. The normalized spacial score (nSPS) is 15.4. The van der Waals surface area contributed by atoms with Crippen molar-refractivity contribution in [2.24, 2.45) is 0 Å². The Kier molecular flexibility index (Phi) is 5.28. The van der Waals surface area contributed by atoms with E-state index in [1.165, 1.54) is 36.4 Å². The number of fused-ring (bicyclic) bond motifs is 1. The standard InChI is InChI=1S/C19H18O8S/c1-3-25-19(22)11-8-15(14-10-17(18(20)21)27-16(14)9-11)26-12-4-6-13(7-5-12)28(2,23)24/h4-9,17H,3,10H2,1-2H3,(H,20,21). The number of carboxylic acids is 1. The number of rotatable bonds is 6. The zero-order valence-corrected chi connectivity index (χ0v) is 16.0. The number of sulfone groups is 1. The first-order valence-electron chi connectivity index (χ1n) is 8.40. The maximum absolute atomic E-state index is 12.1. The zero-order chi connectivity index (χ0) is 20.5. The molecule has 0 fully saturated rings. The van der Waals surface area contributed by atoms with Crippen LogP contribution in [0.4, 0.5) is 0 Å². The fourth-order valence-electron chi connectivity index (χ4n) is 2.75. The number of hydrogen-bond acceptors (Lipinski definition) is 7. The van der Waals surface area contributed by atoms with Crippen LogP contribution >= 0.6 is 0 Å². The molecule has 3 rings (SSSR count). The first kappa shape index (κ1) is 19.7. The molecule has 0 bridgehead atoms. The molecule has 2 aromatic carbocycles. The van der Waals surface area contributed by atoms with Crippen molar-refractivity contribution in [2.45, 2.75) is 24.3 Å². The maximum Gasteiger partial charge on any atom is 0.345 e. The first-order chi connectivity index (χ1) is 13.2. The molecule has 148 valence electrons. The number of esters is 1. The lowest BCUT2D eigenvalue weighted by Crippen LogP contribution is -2.24. The fraction of sp³-hybridized carbons (Fsp3) is 0.263. The zero-order valence-electron chi connectivity index (χ0n) is 15.2. The quantitative estimate of drug-likeness (QED) is 0.727. The highest BCUT2D eigenvalue weighted by molar-refractivity contribution is 7.90. The van der Waals surface area contributed by atoms with Crippen LogP contribution in [0.2, 0.25) is 0 Å². The number of hydrogen-bond donors (Lipinski definition) is 1. The van der Waals surface area contributed by atoms with Gasteiger partial charge in [0.05, 0.1) is 17.1 Å². The molecule has 2 aromatic rings. The summed E-state index contributed by atoms with van der Waals surface area (Å²) in [6.45, 7) is 1.85. The second-order valence-electron chi connectivity index (χ2n) is 6.17. The molecule has 0 saturated heterocycles. The number of carbonyl (C=O) groups is 2. The Morgan fingerprint density at radius 3 is 2.46 bits per heavy atom. The third kappa shape index (κ3) is 4.09. The summed E-state index contributed by atoms with van der Waals surface area (Å²) in [5.74, 6) is -0.909. The third-order valence-electron chi connectivity index (χ3n) is 4.09. The molecule has 0 aromatic heterocycles. The predicted molar refractivity (Wildman–Crippen MR) is 97.8 cm³/mol. The summed E-state index contributed by atoms with van der Waals surface area (Å²) in [4.78, 5) is 23.5. The molecular formula is C19H18O8S. The van der Waals surface area contributed by atoms with Gasteiger partial charge >= 0.3 is 11.9 Å². The minimum absolute atomic E-state index is 0.0739. The van der Waals surface area contributed by atoms with Crippen LogP contribution in [0.15, 0.2) is 41.3 Å². The topological polar surface area (TPSA) is 116 Å². The van der Waals surface area contributed by atoms with Crippen LogP contribution in [-0.4, -0.2) is 44.4 Å². The fourth-order valence-corrected chi connectivity index (χ4v) is 3.38. The van der Waals surface area contributed by atoms with Crippen molar-refractivity contribution in [3.63, 3.8) is 0 Å². The van der Waals surface area contributed by atoms with E-state index in [-0.39, 0.29) is 35.0 Å². The Morgan fingerprint density at radius 2 is 1.89 bits per heavy atom. The molecule has 0 spiro atoms. The van der Waals surface area contributed by atoms with Crippen LogP contribution in [0.25, 0.3) is 0 Å². The van der Waals surface area contributed by atoms with E-state index >= 15 is 0 Å². The summed E-state index contributed by atoms with van der Waals surface area (Å²) in [7, 11) is -3.35. The molecule has 28 heavy (non-hydrogen) atoms. The van der Waals surface area contributed by atoms with Crippen LogP contribution < -0.4 is 9.47 Å². The molecule has 1 atom stereocenters. The molecule has 0 aliphatic carbocycles. The van der Waals surface area contributed by atoms with Gasteiger partial charge in [-0.1, -0.05) is 0 Å². The minimum Gasteiger partial charge on any atom is -0.478 e. The van der Waals surface area contributed by atoms with Gasteiger partial charge in [-0.15, -0.1) is 0 Å². The van der Waals surface area contributed by atoms with E-state index in [1.54, 1.807) is 6.92 Å². The average Bonchev–Trinajstić information content (AvgIpc) is 3.06. The molecule has 8 nitrogen and oxygen atoms in total. The van der Waals surface area contributed by atoms with Crippen LogP contribution in [-0.2, 0) is 25.8 Å². The number of ether oxygens (including phenoxy) is 3. The van der Waals surface area contributed by atoms with E-state index in [4.69, 9.17) is 14.2 Å². The number of carboxylic acid groups (broad SMARTS) is 1. The van der Waals surface area contributed by atoms with Crippen molar-refractivity contribution in [3.05, 3.63) is 47.5 Å². The van der Waals surface area contributed by atoms with Gasteiger partial charge in [0.25, 0.3) is 0 Å². The van der Waals surface area contributed by atoms with Crippen molar-refractivity contribution in [1.29, 1.82) is 0 Å². The van der Waals surface area contributed by atoms with Crippen LogP contribution in [0.1, 0.15) is 22.8 Å². The van der Waals surface area contributed by atoms with Gasteiger partial charge in [-0.05, 0) is 43.3 Å². The highest BCUT2D eigenvalue weighted by atomic mass is 32.2. The molecule has 9 heteroatoms. The lowest BCUT2D eigenvalue weighted by molar-refractivity contribution is -0.144. The molecule has 0 radical (unpaired) electrons. The lowest BCUT2D eigenvalue weighted by Gasteiger charge is -2.12. The second kappa shape index (κ2) is 7.51. The van der Waals surface area contributed by atoms with Crippen molar-refractivity contribution in [1.82, 2.24) is 0 Å². The Bertz CT molecular complexity index is 1020. The number of aliphatic carboxylic acids is 1. The molecule has 1 aliphatic heterocycles. The van der Waals surface area contributed by atoms with E-state index in [1.807, 2.05) is 0 Å². The smallest absolute Gasteiger partial charge is 0.345 e. The number of benzene rings is 2. The van der Waals surface area contributed by atoms with Gasteiger partial charge in [-0.25, -0.2) is 18.0 Å². The molecule has 1 aliphatic rings. The predicted octanol–water partition coefficient (Wildman–Crippen LogP) is 2.45. The van der Waals surface area contributed by atoms with Crippen molar-refractivity contribution in [2.75, 3.05) is 12.9 Å². The molecule has 0 amide bonds. The molecule has 1 heterocycles. The summed E-state index contributed by atoms with van der Waals surface area (Å²) in [5, 5.41) is 9.22. The third-order valence-corrected chi connectivity index (χ3v) is 5.22. The van der Waals surface area contributed by atoms with E-state index in [0.29, 0.717) is 11.3 Å². The van der Waals surface area contributed by atoms with Gasteiger partial charge in [0.15, 0.2) is 15.9 Å². The highest BCUT2D eigenvalue weighted by Crippen LogP contribution is 2.40. The van der Waals surface area contributed by atoms with Gasteiger partial charge in [0.1, 0.15) is 17.2 Å². The minimum atomic E-state index is -3.35. The van der Waals surface area contributed by atoms with Crippen LogP contribution in [0.3, 0.4) is 0 Å². The summed E-state index contributed by atoms with van der Waals surface area (Å²) < 4.78 is 39.4. The van der Waals surface area contributed by atoms with Crippen LogP contribution in [0.5, 0.6) is 17.2 Å². The van der Waals surface area contributed by atoms with Crippen molar-refractivity contribution in [3.8, 4) is 17.2 Å². The summed E-state index contributed by atoms with van der Waals surface area (Å²) in [6, 6.07) is 8.63. The van der Waals surface area contributed by atoms with Gasteiger partial charge in [0, 0.05) is 18.2 Å². The average molecular weight is 406 g/mol. The van der Waals surface area contributed by atoms with Gasteiger partial charge in [0.2, 0.25) is 0 Å². The molecular weight excluding hydrogens is 388 g/mol. The number of carbonyl (C=O) groups excluding carboxylic acids is 1. The maximum atomic E-state index is 12.1. The lowest BCUT2D eigenvalue weighted by atomic mass is 10.1. The Balaban J connectivity index is 1.97. The van der Waals surface area contributed by atoms with Gasteiger partial charge < -0.3 is 19.3 Å². The second-order valence-corrected chi connectivity index (χ2v) is 8.18. The van der Waals surface area contributed by atoms with Gasteiger partial charge in [-0.3, -0.25) is 0 Å². The Hall–Kier alpha value is -3.07. The monoisotopic (exact) mass is 406 g/mol. The highest BCUT2D eigenvalue weighted by Gasteiger charge is 2.33. The molecule has 1 unspecified atom stereocenters. The largest absolute Gasteiger partial charge is 0.478 e. The van der Waals surface area contributed by atoms with Crippen LogP contribution in [0, 0.1) is 0 Å². The van der Waals surface area contributed by atoms with E-state index in [9.17, 15) is 23.1 Å². The Labute approximate surface area is 161 Å². The van der Waals surface area contributed by atoms with E-state index in [0.717, 1.165) is 6.26 Å². The van der Waals surface area contributed by atoms with E-state index < -0.39 is 27.9 Å². The first-order valence-corrected chi connectivity index (χ1v) is 10.3. The van der Waals surface area contributed by atoms with Crippen molar-refractivity contribution < 1.29 is 37.3 Å².